The Balaban J connectivity index is 2.13. The van der Waals surface area contributed by atoms with Gasteiger partial charge in [-0.05, 0) is 35.9 Å². The van der Waals surface area contributed by atoms with Crippen LogP contribution in [0.4, 0.5) is 5.69 Å². The summed E-state index contributed by atoms with van der Waals surface area (Å²) in [5.74, 6) is 0.301. The monoisotopic (exact) mass is 417 g/mol. The van der Waals surface area contributed by atoms with E-state index in [2.05, 4.69) is 0 Å². The van der Waals surface area contributed by atoms with Crippen LogP contribution in [0.5, 0.6) is 11.5 Å². The first-order valence-electron chi connectivity index (χ1n) is 8.65. The van der Waals surface area contributed by atoms with Crippen molar-refractivity contribution in [2.24, 2.45) is 0 Å². The molecule has 0 aromatic heterocycles. The molecule has 0 atom stereocenters. The number of ether oxygens (including phenoxy) is 2. The normalized spacial score (nSPS) is 14.3. The fourth-order valence-corrected chi connectivity index (χ4v) is 4.12. The van der Waals surface area contributed by atoms with Gasteiger partial charge < -0.3 is 9.47 Å². The number of nitrogens with zero attached hydrogens (tertiary/aromatic N) is 1. The lowest BCUT2D eigenvalue weighted by Crippen LogP contribution is -2.31. The highest BCUT2D eigenvalue weighted by Crippen LogP contribution is 2.42. The fraction of sp³-hybridized carbons (Fsp3) is 0.238. The molecule has 3 rings (SSSR count). The molecule has 7 heteroatoms. The molecule has 0 unspecified atom stereocenters. The molecule has 1 aliphatic heterocycles. The zero-order valence-corrected chi connectivity index (χ0v) is 17.6. The number of carbonyl (C=O) groups is 2. The van der Waals surface area contributed by atoms with Gasteiger partial charge in [0.25, 0.3) is 11.8 Å². The first kappa shape index (κ1) is 20.3. The molecular formula is C21H20ClNO4S. The van der Waals surface area contributed by atoms with Crippen LogP contribution in [0, 0.1) is 0 Å². The Bertz CT molecular complexity index is 971. The quantitative estimate of drug-likeness (QED) is 0.633. The van der Waals surface area contributed by atoms with E-state index < -0.39 is 0 Å². The Morgan fingerprint density at radius 3 is 2.29 bits per heavy atom. The van der Waals surface area contributed by atoms with E-state index in [1.165, 1.54) is 23.8 Å². The molecule has 0 saturated heterocycles. The minimum atomic E-state index is -0.386. The third kappa shape index (κ3) is 3.75. The Morgan fingerprint density at radius 1 is 0.964 bits per heavy atom. The lowest BCUT2D eigenvalue weighted by molar-refractivity contribution is -0.119. The minimum absolute atomic E-state index is 0.126. The van der Waals surface area contributed by atoms with Gasteiger partial charge in [-0.1, -0.05) is 37.6 Å². The maximum Gasteiger partial charge on any atom is 0.272 e. The summed E-state index contributed by atoms with van der Waals surface area (Å²) in [7, 11) is 3.07. The van der Waals surface area contributed by atoms with Gasteiger partial charge in [0.2, 0.25) is 0 Å². The number of hydrogen-bond acceptors (Lipinski definition) is 5. The highest BCUT2D eigenvalue weighted by molar-refractivity contribution is 8.04. The summed E-state index contributed by atoms with van der Waals surface area (Å²) in [6, 6.07) is 11.9. The summed E-state index contributed by atoms with van der Waals surface area (Å²) >= 11 is 7.43. The van der Waals surface area contributed by atoms with Gasteiger partial charge in [0.05, 0.1) is 30.4 Å². The van der Waals surface area contributed by atoms with E-state index in [4.69, 9.17) is 21.1 Å². The summed E-state index contributed by atoms with van der Waals surface area (Å²) in [6.45, 7) is 3.95. The van der Waals surface area contributed by atoms with E-state index in [1.807, 2.05) is 13.8 Å². The maximum absolute atomic E-state index is 13.3. The minimum Gasteiger partial charge on any atom is -0.493 e. The van der Waals surface area contributed by atoms with Crippen LogP contribution in [0.25, 0.3) is 5.57 Å². The van der Waals surface area contributed by atoms with Gasteiger partial charge in [-0.3, -0.25) is 9.59 Å². The molecular weight excluding hydrogens is 398 g/mol. The average molecular weight is 418 g/mol. The largest absolute Gasteiger partial charge is 0.493 e. The molecule has 0 spiro atoms. The van der Waals surface area contributed by atoms with Gasteiger partial charge in [0.15, 0.2) is 11.5 Å². The first-order valence-corrected chi connectivity index (χ1v) is 9.90. The average Bonchev–Trinajstić information content (AvgIpc) is 2.90. The zero-order valence-electron chi connectivity index (χ0n) is 16.0. The molecule has 146 valence electrons. The standard InChI is InChI=1S/C21H20ClNO4S/c1-12(2)28-19-18(13-8-9-16(26-3)17(10-13)27-4)20(24)23(21(19)25)15-7-5-6-14(22)11-15/h5-12H,1-4H3. The smallest absolute Gasteiger partial charge is 0.272 e. The van der Waals surface area contributed by atoms with Gasteiger partial charge in [-0.25, -0.2) is 4.90 Å². The van der Waals surface area contributed by atoms with Crippen molar-refractivity contribution in [1.82, 2.24) is 0 Å². The van der Waals surface area contributed by atoms with Crippen LogP contribution in [0.1, 0.15) is 19.4 Å². The SMILES string of the molecule is COc1ccc(C2=C(SC(C)C)C(=O)N(c3cccc(Cl)c3)C2=O)cc1OC. The van der Waals surface area contributed by atoms with Crippen LogP contribution in [-0.2, 0) is 9.59 Å². The maximum atomic E-state index is 13.3. The van der Waals surface area contributed by atoms with Crippen LogP contribution in [0.3, 0.4) is 0 Å². The second-order valence-corrected chi connectivity index (χ2v) is 8.39. The van der Waals surface area contributed by atoms with Crippen LogP contribution >= 0.6 is 23.4 Å². The van der Waals surface area contributed by atoms with Gasteiger partial charge in [-0.15, -0.1) is 11.8 Å². The zero-order chi connectivity index (χ0) is 20.4. The Kier molecular flexibility index (Phi) is 6.01. The van der Waals surface area contributed by atoms with Crippen molar-refractivity contribution in [2.75, 3.05) is 19.1 Å². The van der Waals surface area contributed by atoms with E-state index >= 15 is 0 Å². The summed E-state index contributed by atoms with van der Waals surface area (Å²) < 4.78 is 10.6. The first-order chi connectivity index (χ1) is 13.4. The molecule has 2 aromatic rings. The molecule has 0 fully saturated rings. The van der Waals surface area contributed by atoms with E-state index in [1.54, 1.807) is 49.6 Å². The molecule has 1 aliphatic rings. The van der Waals surface area contributed by atoms with Crippen LogP contribution in [-0.4, -0.2) is 31.3 Å². The molecule has 1 heterocycles. The van der Waals surface area contributed by atoms with E-state index in [0.717, 1.165) is 0 Å². The fourth-order valence-electron chi connectivity index (χ4n) is 2.95. The summed E-state index contributed by atoms with van der Waals surface area (Å²) in [5.41, 5.74) is 1.40. The van der Waals surface area contributed by atoms with Crippen LogP contribution in [0.15, 0.2) is 47.4 Å². The molecule has 2 aromatic carbocycles. The lowest BCUT2D eigenvalue weighted by atomic mass is 10.1. The number of imide groups is 1. The number of thioether (sulfide) groups is 1. The number of hydrogen-bond donors (Lipinski definition) is 0. The predicted octanol–water partition coefficient (Wildman–Crippen LogP) is 4.78. The van der Waals surface area contributed by atoms with Crippen molar-refractivity contribution in [3.63, 3.8) is 0 Å². The molecule has 0 N–H and O–H groups in total. The Morgan fingerprint density at radius 2 is 1.68 bits per heavy atom. The number of carbonyl (C=O) groups excluding carboxylic acids is 2. The second kappa shape index (κ2) is 8.29. The summed E-state index contributed by atoms with van der Waals surface area (Å²) in [5, 5.41) is 0.580. The third-order valence-electron chi connectivity index (χ3n) is 4.13. The second-order valence-electron chi connectivity index (χ2n) is 6.37. The van der Waals surface area contributed by atoms with E-state index in [-0.39, 0.29) is 17.1 Å². The number of benzene rings is 2. The summed E-state index contributed by atoms with van der Waals surface area (Å²) in [6.07, 6.45) is 0. The number of amides is 2. The van der Waals surface area contributed by atoms with Crippen molar-refractivity contribution in [2.45, 2.75) is 19.1 Å². The molecule has 5 nitrogen and oxygen atoms in total. The Hall–Kier alpha value is -2.44. The topological polar surface area (TPSA) is 55.8 Å². The highest BCUT2D eigenvalue weighted by atomic mass is 35.5. The third-order valence-corrected chi connectivity index (χ3v) is 5.45. The number of halogens is 1. The predicted molar refractivity (Wildman–Crippen MR) is 113 cm³/mol. The van der Waals surface area contributed by atoms with Crippen molar-refractivity contribution < 1.29 is 19.1 Å². The van der Waals surface area contributed by atoms with E-state index in [9.17, 15) is 9.59 Å². The molecule has 0 radical (unpaired) electrons. The molecule has 2 amide bonds. The van der Waals surface area contributed by atoms with Gasteiger partial charge >= 0.3 is 0 Å². The molecule has 28 heavy (non-hydrogen) atoms. The van der Waals surface area contributed by atoms with E-state index in [0.29, 0.717) is 38.3 Å². The van der Waals surface area contributed by atoms with Crippen molar-refractivity contribution in [3.8, 4) is 11.5 Å². The molecule has 0 aliphatic carbocycles. The van der Waals surface area contributed by atoms with Crippen LogP contribution < -0.4 is 14.4 Å². The molecule has 0 bridgehead atoms. The van der Waals surface area contributed by atoms with Crippen LogP contribution in [0.2, 0.25) is 5.02 Å². The van der Waals surface area contributed by atoms with Gasteiger partial charge in [-0.2, -0.15) is 0 Å². The lowest BCUT2D eigenvalue weighted by Gasteiger charge is -2.16. The number of anilines is 1. The van der Waals surface area contributed by atoms with Crippen molar-refractivity contribution in [1.29, 1.82) is 0 Å². The number of rotatable bonds is 6. The van der Waals surface area contributed by atoms with Gasteiger partial charge in [0.1, 0.15) is 0 Å². The molecule has 0 saturated carbocycles. The summed E-state index contributed by atoms with van der Waals surface area (Å²) in [4.78, 5) is 28.0. The highest BCUT2D eigenvalue weighted by Gasteiger charge is 2.40. The van der Waals surface area contributed by atoms with Gasteiger partial charge in [0, 0.05) is 10.3 Å². The Labute approximate surface area is 173 Å². The van der Waals surface area contributed by atoms with Crippen molar-refractivity contribution in [3.05, 3.63) is 58.0 Å². The number of methoxy groups -OCH3 is 2. The van der Waals surface area contributed by atoms with Crippen molar-refractivity contribution >= 4 is 46.4 Å².